The Bertz CT molecular complexity index is 795. The van der Waals surface area contributed by atoms with Crippen molar-refractivity contribution >= 4 is 24.2 Å². The van der Waals surface area contributed by atoms with Gasteiger partial charge in [0.25, 0.3) is 5.91 Å². The number of amides is 3. The summed E-state index contributed by atoms with van der Waals surface area (Å²) in [6.07, 6.45) is 0.793. The van der Waals surface area contributed by atoms with Gasteiger partial charge < -0.3 is 20.6 Å². The third-order valence-electron chi connectivity index (χ3n) is 5.23. The quantitative estimate of drug-likeness (QED) is 0.420. The molecule has 0 saturated heterocycles. The molecule has 3 amide bonds. The number of alkyl carbamates (subject to hydrolysis) is 1. The van der Waals surface area contributed by atoms with Crippen molar-refractivity contribution in [1.29, 1.82) is 0 Å². The highest BCUT2D eigenvalue weighted by atomic mass is 16.5. The van der Waals surface area contributed by atoms with Gasteiger partial charge in [0, 0.05) is 0 Å². The lowest BCUT2D eigenvalue weighted by Gasteiger charge is -2.33. The zero-order valence-corrected chi connectivity index (χ0v) is 21.3. The Morgan fingerprint density at radius 2 is 1.47 bits per heavy atom. The average Bonchev–Trinajstić information content (AvgIpc) is 2.76. The summed E-state index contributed by atoms with van der Waals surface area (Å²) in [7, 11) is 0. The maximum atomic E-state index is 13.6. The molecule has 3 atom stereocenters. The molecule has 0 unspecified atom stereocenters. The molecule has 1 aromatic carbocycles. The van der Waals surface area contributed by atoms with Gasteiger partial charge >= 0.3 is 6.09 Å². The van der Waals surface area contributed by atoms with Crippen LogP contribution in [0.25, 0.3) is 0 Å². The molecular weight excluding hydrogens is 434 g/mol. The van der Waals surface area contributed by atoms with E-state index >= 15 is 0 Å². The van der Waals surface area contributed by atoms with Gasteiger partial charge in [-0.15, -0.1) is 0 Å². The molecule has 0 saturated carbocycles. The first-order chi connectivity index (χ1) is 16.0. The minimum absolute atomic E-state index is 0.0319. The van der Waals surface area contributed by atoms with Crippen molar-refractivity contribution in [3.63, 3.8) is 0 Å². The average molecular weight is 476 g/mol. The van der Waals surface area contributed by atoms with E-state index in [1.54, 1.807) is 0 Å². The van der Waals surface area contributed by atoms with Gasteiger partial charge in [-0.25, -0.2) is 4.79 Å². The molecule has 0 radical (unpaired) electrons. The second kappa shape index (κ2) is 14.5. The topological polar surface area (TPSA) is 119 Å². The Hall–Kier alpha value is -2.74. The van der Waals surface area contributed by atoms with Crippen LogP contribution in [0.4, 0.5) is 4.79 Å². The lowest BCUT2D eigenvalue weighted by atomic mass is 9.97. The van der Waals surface area contributed by atoms with Crippen LogP contribution in [0.15, 0.2) is 30.3 Å². The molecule has 34 heavy (non-hydrogen) atoms. The number of carbonyl (C=O) groups is 4. The molecule has 8 nitrogen and oxygen atoms in total. The second-order valence-corrected chi connectivity index (χ2v) is 10.0. The highest BCUT2D eigenvalue weighted by Gasteiger charge is 2.38. The molecule has 0 aliphatic rings. The Labute approximate surface area is 203 Å². The van der Waals surface area contributed by atoms with E-state index in [1.165, 1.54) is 0 Å². The number of aldehydes is 1. The van der Waals surface area contributed by atoms with E-state index in [1.807, 2.05) is 71.9 Å². The first-order valence-electron chi connectivity index (χ1n) is 12.0. The molecule has 0 bridgehead atoms. The fourth-order valence-corrected chi connectivity index (χ4v) is 3.70. The molecule has 3 N–H and O–H groups in total. The third kappa shape index (κ3) is 10.0. The molecule has 0 aromatic heterocycles. The van der Waals surface area contributed by atoms with E-state index < -0.39 is 36.0 Å². The van der Waals surface area contributed by atoms with Crippen molar-refractivity contribution in [2.24, 2.45) is 23.5 Å². The van der Waals surface area contributed by atoms with E-state index in [0.717, 1.165) is 10.5 Å². The van der Waals surface area contributed by atoms with Gasteiger partial charge in [0.05, 0.1) is 12.1 Å². The Morgan fingerprint density at radius 3 is 1.97 bits per heavy atom. The fourth-order valence-electron chi connectivity index (χ4n) is 3.70. The van der Waals surface area contributed by atoms with Crippen LogP contribution in [0.5, 0.6) is 0 Å². The lowest BCUT2D eigenvalue weighted by Crippen LogP contribution is -2.58. The summed E-state index contributed by atoms with van der Waals surface area (Å²) >= 11 is 0. The molecule has 1 aromatic rings. The summed E-state index contributed by atoms with van der Waals surface area (Å²) in [5, 5.41) is 2.60. The van der Waals surface area contributed by atoms with Gasteiger partial charge in [-0.3, -0.25) is 14.5 Å². The van der Waals surface area contributed by atoms with Crippen LogP contribution in [0.2, 0.25) is 0 Å². The van der Waals surface area contributed by atoms with Crippen LogP contribution in [0.1, 0.15) is 66.4 Å². The number of benzene rings is 1. The highest BCUT2D eigenvalue weighted by Crippen LogP contribution is 2.18. The van der Waals surface area contributed by atoms with Gasteiger partial charge in [0.1, 0.15) is 18.9 Å². The Balaban J connectivity index is 3.14. The van der Waals surface area contributed by atoms with Crippen molar-refractivity contribution in [3.8, 4) is 0 Å². The summed E-state index contributed by atoms with van der Waals surface area (Å²) in [5.74, 6) is -1.03. The normalized spacial score (nSPS) is 13.9. The number of carbonyl (C=O) groups excluding carboxylic acids is 4. The maximum absolute atomic E-state index is 13.6. The minimum atomic E-state index is -1.03. The number of imide groups is 1. The summed E-state index contributed by atoms with van der Waals surface area (Å²) in [5.41, 5.74) is 6.93. The molecule has 0 aliphatic carbocycles. The van der Waals surface area contributed by atoms with Crippen LogP contribution in [-0.2, 0) is 25.7 Å². The Kier molecular flexibility index (Phi) is 12.5. The first-order valence-corrected chi connectivity index (χ1v) is 12.0. The number of hydrogen-bond donors (Lipinski definition) is 2. The van der Waals surface area contributed by atoms with Crippen LogP contribution < -0.4 is 11.1 Å². The SMILES string of the molecule is CC(C)C[C@H](NC(=O)OCc1ccccc1)C(=O)N(C(=O)[C@@H](N)CC(C)C)[C@H](C=O)CC(C)C. The van der Waals surface area contributed by atoms with Gasteiger partial charge in [-0.05, 0) is 42.6 Å². The van der Waals surface area contributed by atoms with Crippen LogP contribution in [0, 0.1) is 17.8 Å². The first kappa shape index (κ1) is 29.3. The van der Waals surface area contributed by atoms with E-state index in [0.29, 0.717) is 19.1 Å². The standard InChI is InChI=1S/C26H41N3O5/c1-17(2)12-21(15-30)29(24(31)22(27)13-18(3)4)25(32)23(14-19(5)6)28-26(33)34-16-20-10-8-7-9-11-20/h7-11,15,17-19,21-23H,12-14,16,27H2,1-6H3,(H,28,33)/t21-,22-,23-/m0/s1. The molecule has 8 heteroatoms. The number of nitrogens with one attached hydrogen (secondary N) is 1. The molecule has 0 fully saturated rings. The molecule has 190 valence electrons. The smallest absolute Gasteiger partial charge is 0.408 e. The van der Waals surface area contributed by atoms with Crippen molar-refractivity contribution in [3.05, 3.63) is 35.9 Å². The van der Waals surface area contributed by atoms with Gasteiger partial charge in [-0.1, -0.05) is 71.9 Å². The van der Waals surface area contributed by atoms with E-state index in [4.69, 9.17) is 10.5 Å². The van der Waals surface area contributed by atoms with Crippen molar-refractivity contribution in [1.82, 2.24) is 10.2 Å². The maximum Gasteiger partial charge on any atom is 0.408 e. The minimum Gasteiger partial charge on any atom is -0.445 e. The van der Waals surface area contributed by atoms with Gasteiger partial charge in [0.2, 0.25) is 5.91 Å². The highest BCUT2D eigenvalue weighted by molar-refractivity contribution is 6.02. The summed E-state index contributed by atoms with van der Waals surface area (Å²) in [6, 6.07) is 6.24. The molecule has 0 spiro atoms. The summed E-state index contributed by atoms with van der Waals surface area (Å²) < 4.78 is 5.28. The van der Waals surface area contributed by atoms with Crippen LogP contribution in [0.3, 0.4) is 0 Å². The van der Waals surface area contributed by atoms with Crippen LogP contribution >= 0.6 is 0 Å². The van der Waals surface area contributed by atoms with Gasteiger partial charge in [-0.2, -0.15) is 0 Å². The van der Waals surface area contributed by atoms with Crippen molar-refractivity contribution in [2.45, 2.75) is 85.5 Å². The Morgan fingerprint density at radius 1 is 0.912 bits per heavy atom. The number of rotatable bonds is 13. The third-order valence-corrected chi connectivity index (χ3v) is 5.23. The predicted molar refractivity (Wildman–Crippen MR) is 132 cm³/mol. The zero-order valence-electron chi connectivity index (χ0n) is 21.3. The number of ether oxygens (including phenoxy) is 1. The number of hydrogen-bond acceptors (Lipinski definition) is 6. The largest absolute Gasteiger partial charge is 0.445 e. The zero-order chi connectivity index (χ0) is 25.8. The predicted octanol–water partition coefficient (Wildman–Crippen LogP) is 3.67. The van der Waals surface area contributed by atoms with E-state index in [9.17, 15) is 19.2 Å². The van der Waals surface area contributed by atoms with E-state index in [2.05, 4.69) is 5.32 Å². The van der Waals surface area contributed by atoms with Crippen molar-refractivity contribution in [2.75, 3.05) is 0 Å². The van der Waals surface area contributed by atoms with Crippen molar-refractivity contribution < 1.29 is 23.9 Å². The fraction of sp³-hybridized carbons (Fsp3) is 0.615. The summed E-state index contributed by atoms with van der Waals surface area (Å²) in [4.78, 5) is 52.3. The summed E-state index contributed by atoms with van der Waals surface area (Å²) in [6.45, 7) is 11.5. The number of nitrogens with two attached hydrogens (primary N) is 1. The molecular formula is C26H41N3O5. The number of nitrogens with zero attached hydrogens (tertiary/aromatic N) is 1. The molecule has 1 rings (SSSR count). The van der Waals surface area contributed by atoms with Gasteiger partial charge in [0.15, 0.2) is 0 Å². The molecule has 0 aliphatic heterocycles. The monoisotopic (exact) mass is 475 g/mol. The van der Waals surface area contributed by atoms with E-state index in [-0.39, 0.29) is 30.8 Å². The lowest BCUT2D eigenvalue weighted by molar-refractivity contribution is -0.152. The second-order valence-electron chi connectivity index (χ2n) is 10.0. The van der Waals surface area contributed by atoms with Crippen LogP contribution in [-0.4, -0.2) is 47.2 Å². The molecule has 0 heterocycles.